The molecule has 0 amide bonds. The lowest BCUT2D eigenvalue weighted by atomic mass is 10.1. The van der Waals surface area contributed by atoms with E-state index < -0.39 is 0 Å². The van der Waals surface area contributed by atoms with Crippen LogP contribution < -0.4 is 5.56 Å². The molecule has 1 atom stereocenters. The van der Waals surface area contributed by atoms with Crippen LogP contribution in [0.1, 0.15) is 18.9 Å². The Morgan fingerprint density at radius 1 is 1.33 bits per heavy atom. The van der Waals surface area contributed by atoms with E-state index >= 15 is 0 Å². The van der Waals surface area contributed by atoms with Crippen LogP contribution in [-0.2, 0) is 4.74 Å². The van der Waals surface area contributed by atoms with Gasteiger partial charge in [-0.15, -0.1) is 0 Å². The minimum absolute atomic E-state index is 0.136. The van der Waals surface area contributed by atoms with E-state index in [1.807, 2.05) is 59.8 Å². The van der Waals surface area contributed by atoms with Crippen LogP contribution in [0.4, 0.5) is 0 Å². The largest absolute Gasteiger partial charge is 0.374 e. The van der Waals surface area contributed by atoms with Crippen molar-refractivity contribution in [3.05, 3.63) is 50.1 Å². The number of methoxy groups -OCH3 is 1. The third-order valence-electron chi connectivity index (χ3n) is 2.67. The van der Waals surface area contributed by atoms with Gasteiger partial charge in [-0.2, -0.15) is 0 Å². The summed E-state index contributed by atoms with van der Waals surface area (Å²) in [6, 6.07) is 9.65. The van der Waals surface area contributed by atoms with Crippen molar-refractivity contribution in [3.8, 4) is 11.3 Å². The maximum atomic E-state index is 11.9. The van der Waals surface area contributed by atoms with Crippen LogP contribution in [0.5, 0.6) is 0 Å². The molecule has 2 aromatic rings. The summed E-state index contributed by atoms with van der Waals surface area (Å²) < 4.78 is 5.78. The lowest BCUT2D eigenvalue weighted by molar-refractivity contribution is 0.112. The number of nitrogens with zero attached hydrogens (tertiary/aromatic N) is 1. The van der Waals surface area contributed by atoms with Gasteiger partial charge in [0.25, 0.3) is 5.56 Å². The highest BCUT2D eigenvalue weighted by molar-refractivity contribution is 14.1. The highest BCUT2D eigenvalue weighted by Crippen LogP contribution is 2.22. The van der Waals surface area contributed by atoms with E-state index in [1.54, 1.807) is 7.11 Å². The molecule has 1 aromatic carbocycles. The molecule has 0 aliphatic carbocycles. The molecule has 0 fully saturated rings. The van der Waals surface area contributed by atoms with Gasteiger partial charge in [-0.3, -0.25) is 4.79 Å². The zero-order valence-corrected chi connectivity index (χ0v) is 12.3. The molecule has 1 unspecified atom stereocenters. The van der Waals surface area contributed by atoms with Crippen LogP contribution in [-0.4, -0.2) is 17.1 Å². The van der Waals surface area contributed by atoms with Crippen molar-refractivity contribution in [2.24, 2.45) is 0 Å². The Hall–Kier alpha value is -1.21. The molecule has 94 valence electrons. The number of rotatable bonds is 3. The van der Waals surface area contributed by atoms with Crippen molar-refractivity contribution < 1.29 is 4.74 Å². The predicted molar refractivity (Wildman–Crippen MR) is 78.4 cm³/mol. The second kappa shape index (κ2) is 5.62. The standard InChI is InChI=1S/C13H13IN2O2/c1-8(18-2)12-15-11(10(14)13(17)16-12)9-6-4-3-5-7-9/h3-8H,1-2H3,(H,15,16,17). The smallest absolute Gasteiger partial charge is 0.265 e. The molecule has 0 aliphatic heterocycles. The predicted octanol–water partition coefficient (Wildman–Crippen LogP) is 2.75. The van der Waals surface area contributed by atoms with E-state index in [1.165, 1.54) is 0 Å². The van der Waals surface area contributed by atoms with Gasteiger partial charge in [0.2, 0.25) is 0 Å². The Morgan fingerprint density at radius 2 is 2.00 bits per heavy atom. The number of hydrogen-bond donors (Lipinski definition) is 1. The van der Waals surface area contributed by atoms with Gasteiger partial charge in [-0.1, -0.05) is 30.3 Å². The monoisotopic (exact) mass is 356 g/mol. The van der Waals surface area contributed by atoms with Gasteiger partial charge in [-0.05, 0) is 29.5 Å². The van der Waals surface area contributed by atoms with E-state index in [2.05, 4.69) is 9.97 Å². The van der Waals surface area contributed by atoms with Gasteiger partial charge in [-0.25, -0.2) is 4.98 Å². The summed E-state index contributed by atoms with van der Waals surface area (Å²) in [6.45, 7) is 1.85. The van der Waals surface area contributed by atoms with E-state index in [0.717, 1.165) is 5.56 Å². The molecule has 1 N–H and O–H groups in total. The minimum atomic E-state index is -0.239. The maximum absolute atomic E-state index is 11.9. The zero-order chi connectivity index (χ0) is 13.1. The first kappa shape index (κ1) is 13.2. The number of nitrogens with one attached hydrogen (secondary N) is 1. The first-order valence-electron chi connectivity index (χ1n) is 5.51. The maximum Gasteiger partial charge on any atom is 0.265 e. The summed E-state index contributed by atoms with van der Waals surface area (Å²) in [6.07, 6.45) is -0.239. The lowest BCUT2D eigenvalue weighted by Gasteiger charge is -2.11. The van der Waals surface area contributed by atoms with E-state index in [9.17, 15) is 4.79 Å². The third-order valence-corrected chi connectivity index (χ3v) is 3.67. The number of aromatic nitrogens is 2. The molecule has 0 aliphatic rings. The van der Waals surface area contributed by atoms with E-state index in [-0.39, 0.29) is 11.7 Å². The van der Waals surface area contributed by atoms with Gasteiger partial charge >= 0.3 is 0 Å². The average molecular weight is 356 g/mol. The molecule has 1 heterocycles. The average Bonchev–Trinajstić information content (AvgIpc) is 2.41. The number of aromatic amines is 1. The first-order chi connectivity index (χ1) is 8.63. The number of H-pyrrole nitrogens is 1. The number of benzene rings is 1. The molecule has 0 bridgehead atoms. The molecule has 18 heavy (non-hydrogen) atoms. The Labute approximate surface area is 119 Å². The fourth-order valence-corrected chi connectivity index (χ4v) is 2.13. The summed E-state index contributed by atoms with van der Waals surface area (Å²) in [5.74, 6) is 0.543. The molecule has 1 aromatic heterocycles. The summed E-state index contributed by atoms with van der Waals surface area (Å²) in [5.41, 5.74) is 1.49. The number of ether oxygens (including phenoxy) is 1. The summed E-state index contributed by atoms with van der Waals surface area (Å²) in [7, 11) is 1.59. The van der Waals surface area contributed by atoms with Crippen molar-refractivity contribution in [1.82, 2.24) is 9.97 Å². The van der Waals surface area contributed by atoms with Gasteiger partial charge in [0, 0.05) is 12.7 Å². The molecular weight excluding hydrogens is 343 g/mol. The Bertz CT molecular complexity index is 596. The second-order valence-corrected chi connectivity index (χ2v) is 4.94. The van der Waals surface area contributed by atoms with Crippen LogP contribution in [0.15, 0.2) is 35.1 Å². The topological polar surface area (TPSA) is 55.0 Å². The van der Waals surface area contributed by atoms with Crippen LogP contribution >= 0.6 is 22.6 Å². The molecule has 0 saturated carbocycles. The Balaban J connectivity index is 2.60. The highest BCUT2D eigenvalue weighted by atomic mass is 127. The van der Waals surface area contributed by atoms with Crippen LogP contribution in [0.25, 0.3) is 11.3 Å². The lowest BCUT2D eigenvalue weighted by Crippen LogP contribution is -2.18. The normalized spacial score (nSPS) is 12.4. The highest BCUT2D eigenvalue weighted by Gasteiger charge is 2.14. The van der Waals surface area contributed by atoms with Gasteiger partial charge in [0.15, 0.2) is 0 Å². The number of halogens is 1. The minimum Gasteiger partial charge on any atom is -0.374 e. The Morgan fingerprint density at radius 3 is 2.61 bits per heavy atom. The third kappa shape index (κ3) is 2.62. The Kier molecular flexibility index (Phi) is 4.13. The molecule has 5 heteroatoms. The van der Waals surface area contributed by atoms with Crippen molar-refractivity contribution in [3.63, 3.8) is 0 Å². The molecular formula is C13H13IN2O2. The zero-order valence-electron chi connectivity index (χ0n) is 10.1. The van der Waals surface area contributed by atoms with Crippen LogP contribution in [0.2, 0.25) is 0 Å². The molecule has 2 rings (SSSR count). The van der Waals surface area contributed by atoms with E-state index in [0.29, 0.717) is 15.1 Å². The molecule has 0 spiro atoms. The second-order valence-electron chi connectivity index (χ2n) is 3.86. The molecule has 0 radical (unpaired) electrons. The van der Waals surface area contributed by atoms with Crippen molar-refractivity contribution in [1.29, 1.82) is 0 Å². The fraction of sp³-hybridized carbons (Fsp3) is 0.231. The quantitative estimate of drug-likeness (QED) is 0.861. The summed E-state index contributed by atoms with van der Waals surface area (Å²) >= 11 is 2.01. The van der Waals surface area contributed by atoms with Gasteiger partial charge in [0.05, 0.1) is 5.69 Å². The summed E-state index contributed by atoms with van der Waals surface area (Å²) in [5, 5.41) is 0. The SMILES string of the molecule is COC(C)c1nc(-c2ccccc2)c(I)c(=O)[nH]1. The van der Waals surface area contributed by atoms with Gasteiger partial charge in [0.1, 0.15) is 15.5 Å². The number of hydrogen-bond acceptors (Lipinski definition) is 3. The van der Waals surface area contributed by atoms with Crippen LogP contribution in [0.3, 0.4) is 0 Å². The van der Waals surface area contributed by atoms with Crippen molar-refractivity contribution in [2.45, 2.75) is 13.0 Å². The molecule has 4 nitrogen and oxygen atoms in total. The van der Waals surface area contributed by atoms with Gasteiger partial charge < -0.3 is 9.72 Å². The fourth-order valence-electron chi connectivity index (χ4n) is 1.57. The van der Waals surface area contributed by atoms with Crippen molar-refractivity contribution in [2.75, 3.05) is 7.11 Å². The first-order valence-corrected chi connectivity index (χ1v) is 6.59. The van der Waals surface area contributed by atoms with Crippen molar-refractivity contribution >= 4 is 22.6 Å². The van der Waals surface area contributed by atoms with Crippen LogP contribution in [0, 0.1) is 3.57 Å². The molecule has 0 saturated heterocycles. The summed E-state index contributed by atoms with van der Waals surface area (Å²) in [4.78, 5) is 19.1. The van der Waals surface area contributed by atoms with E-state index in [4.69, 9.17) is 4.74 Å².